The van der Waals surface area contributed by atoms with Gasteiger partial charge in [-0.25, -0.2) is 9.97 Å². The van der Waals surface area contributed by atoms with Crippen LogP contribution in [0.1, 0.15) is 64.8 Å². The Morgan fingerprint density at radius 3 is 2.39 bits per heavy atom. The number of nitrogens with one attached hydrogen (secondary N) is 1. The molecular formula is C14H26N4. The molecule has 0 spiro atoms. The second-order valence-corrected chi connectivity index (χ2v) is 5.85. The fourth-order valence-electron chi connectivity index (χ4n) is 1.94. The van der Waals surface area contributed by atoms with Gasteiger partial charge in [0.25, 0.3) is 0 Å². The van der Waals surface area contributed by atoms with Crippen LogP contribution in [0.25, 0.3) is 0 Å². The van der Waals surface area contributed by atoms with Gasteiger partial charge in [-0.2, -0.15) is 0 Å². The highest BCUT2D eigenvalue weighted by atomic mass is 15.1. The van der Waals surface area contributed by atoms with Crippen LogP contribution < -0.4 is 11.1 Å². The average molecular weight is 250 g/mol. The van der Waals surface area contributed by atoms with E-state index in [2.05, 4.69) is 49.9 Å². The van der Waals surface area contributed by atoms with Gasteiger partial charge in [0.1, 0.15) is 17.5 Å². The molecule has 0 aliphatic rings. The molecule has 4 nitrogen and oxygen atoms in total. The van der Waals surface area contributed by atoms with Gasteiger partial charge in [0, 0.05) is 17.0 Å². The Balaban J connectivity index is 3.08. The summed E-state index contributed by atoms with van der Waals surface area (Å²) in [4.78, 5) is 8.93. The van der Waals surface area contributed by atoms with E-state index in [4.69, 9.17) is 5.73 Å². The first-order valence-corrected chi connectivity index (χ1v) is 6.69. The number of hydrogen-bond acceptors (Lipinski definition) is 4. The summed E-state index contributed by atoms with van der Waals surface area (Å²) < 4.78 is 0. The van der Waals surface area contributed by atoms with E-state index in [1.807, 2.05) is 6.92 Å². The summed E-state index contributed by atoms with van der Waals surface area (Å²) in [7, 11) is 0. The van der Waals surface area contributed by atoms with Crippen molar-refractivity contribution in [2.75, 3.05) is 11.1 Å². The van der Waals surface area contributed by atoms with E-state index < -0.39 is 0 Å². The van der Waals surface area contributed by atoms with Crippen LogP contribution >= 0.6 is 0 Å². The fraction of sp³-hybridized carbons (Fsp3) is 0.714. The Morgan fingerprint density at radius 1 is 1.28 bits per heavy atom. The Morgan fingerprint density at radius 2 is 1.89 bits per heavy atom. The van der Waals surface area contributed by atoms with Crippen LogP contribution in [-0.2, 0) is 0 Å². The average Bonchev–Trinajstić information content (AvgIpc) is 2.23. The van der Waals surface area contributed by atoms with Gasteiger partial charge >= 0.3 is 0 Å². The van der Waals surface area contributed by atoms with Gasteiger partial charge in [-0.15, -0.1) is 0 Å². The molecular weight excluding hydrogens is 224 g/mol. The minimum Gasteiger partial charge on any atom is -0.383 e. The van der Waals surface area contributed by atoms with Gasteiger partial charge in [-0.05, 0) is 27.2 Å². The molecule has 0 aliphatic heterocycles. The topological polar surface area (TPSA) is 63.8 Å². The first-order valence-electron chi connectivity index (χ1n) is 6.69. The summed E-state index contributed by atoms with van der Waals surface area (Å²) in [5, 5.41) is 3.49. The molecule has 0 atom stereocenters. The minimum atomic E-state index is 0.0224. The summed E-state index contributed by atoms with van der Waals surface area (Å²) >= 11 is 0. The Bertz CT molecular complexity index is 411. The zero-order valence-electron chi connectivity index (χ0n) is 12.5. The second kappa shape index (κ2) is 5.55. The standard InChI is InChI=1S/C14H26N4/c1-7-8-14(5,6)18-13-10(4)11(15)16-12(17-13)9(2)3/h9H,7-8H2,1-6H3,(H3,15,16,17,18). The molecule has 1 rings (SSSR count). The minimum absolute atomic E-state index is 0.0224. The van der Waals surface area contributed by atoms with E-state index in [0.717, 1.165) is 30.0 Å². The fourth-order valence-corrected chi connectivity index (χ4v) is 1.94. The van der Waals surface area contributed by atoms with Gasteiger partial charge < -0.3 is 11.1 Å². The lowest BCUT2D eigenvalue weighted by Crippen LogP contribution is -2.31. The molecule has 1 aromatic rings. The molecule has 0 radical (unpaired) electrons. The zero-order valence-corrected chi connectivity index (χ0v) is 12.5. The van der Waals surface area contributed by atoms with Gasteiger partial charge in [-0.3, -0.25) is 0 Å². The van der Waals surface area contributed by atoms with E-state index in [0.29, 0.717) is 5.82 Å². The first kappa shape index (κ1) is 14.7. The lowest BCUT2D eigenvalue weighted by molar-refractivity contribution is 0.508. The monoisotopic (exact) mass is 250 g/mol. The molecule has 0 unspecified atom stereocenters. The number of rotatable bonds is 5. The molecule has 0 saturated carbocycles. The molecule has 0 fully saturated rings. The highest BCUT2D eigenvalue weighted by Crippen LogP contribution is 2.25. The number of nitrogen functional groups attached to an aromatic ring is 1. The van der Waals surface area contributed by atoms with Crippen LogP contribution in [0.15, 0.2) is 0 Å². The highest BCUT2D eigenvalue weighted by Gasteiger charge is 2.20. The van der Waals surface area contributed by atoms with Crippen molar-refractivity contribution in [1.82, 2.24) is 9.97 Å². The van der Waals surface area contributed by atoms with Gasteiger partial charge in [0.05, 0.1) is 0 Å². The third kappa shape index (κ3) is 3.59. The van der Waals surface area contributed by atoms with Crippen LogP contribution in [0.2, 0.25) is 0 Å². The zero-order chi connectivity index (χ0) is 13.9. The normalized spacial score (nSPS) is 11.9. The van der Waals surface area contributed by atoms with Crippen molar-refractivity contribution < 1.29 is 0 Å². The van der Waals surface area contributed by atoms with Crippen molar-refractivity contribution in [3.8, 4) is 0 Å². The molecule has 4 heteroatoms. The van der Waals surface area contributed by atoms with Crippen LogP contribution in [0.4, 0.5) is 11.6 Å². The molecule has 102 valence electrons. The van der Waals surface area contributed by atoms with Crippen molar-refractivity contribution in [2.45, 2.75) is 65.8 Å². The Hall–Kier alpha value is -1.32. The first-order chi connectivity index (χ1) is 8.26. The lowest BCUT2D eigenvalue weighted by Gasteiger charge is -2.28. The maximum atomic E-state index is 5.96. The van der Waals surface area contributed by atoms with Gasteiger partial charge in [0.15, 0.2) is 0 Å². The summed E-state index contributed by atoms with van der Waals surface area (Å²) in [5.41, 5.74) is 6.92. The third-order valence-electron chi connectivity index (χ3n) is 3.05. The van der Waals surface area contributed by atoms with Crippen LogP contribution in [0.5, 0.6) is 0 Å². The molecule has 1 aromatic heterocycles. The quantitative estimate of drug-likeness (QED) is 0.839. The SMILES string of the molecule is CCCC(C)(C)Nc1nc(C(C)C)nc(N)c1C. The smallest absolute Gasteiger partial charge is 0.135 e. The molecule has 0 bridgehead atoms. The van der Waals surface area contributed by atoms with Crippen molar-refractivity contribution in [1.29, 1.82) is 0 Å². The summed E-state index contributed by atoms with van der Waals surface area (Å²) in [6, 6.07) is 0. The third-order valence-corrected chi connectivity index (χ3v) is 3.05. The van der Waals surface area contributed by atoms with Crippen LogP contribution in [-0.4, -0.2) is 15.5 Å². The maximum Gasteiger partial charge on any atom is 0.135 e. The van der Waals surface area contributed by atoms with Gasteiger partial charge in [0.2, 0.25) is 0 Å². The lowest BCUT2D eigenvalue weighted by atomic mass is 9.98. The second-order valence-electron chi connectivity index (χ2n) is 5.85. The van der Waals surface area contributed by atoms with Crippen molar-refractivity contribution >= 4 is 11.6 Å². The molecule has 0 saturated heterocycles. The summed E-state index contributed by atoms with van der Waals surface area (Å²) in [5.74, 6) is 2.52. The van der Waals surface area contributed by atoms with E-state index in [1.54, 1.807) is 0 Å². The number of hydrogen-bond donors (Lipinski definition) is 2. The van der Waals surface area contributed by atoms with Crippen LogP contribution in [0.3, 0.4) is 0 Å². The number of nitrogens with zero attached hydrogens (tertiary/aromatic N) is 2. The Kier molecular flexibility index (Phi) is 4.54. The van der Waals surface area contributed by atoms with E-state index >= 15 is 0 Å². The summed E-state index contributed by atoms with van der Waals surface area (Å²) in [6.07, 6.45) is 2.23. The molecule has 1 heterocycles. The van der Waals surface area contributed by atoms with Gasteiger partial charge in [-0.1, -0.05) is 27.2 Å². The Labute approximate surface area is 110 Å². The molecule has 0 aromatic carbocycles. The van der Waals surface area contributed by atoms with Crippen molar-refractivity contribution in [2.24, 2.45) is 0 Å². The predicted molar refractivity (Wildman–Crippen MR) is 77.9 cm³/mol. The van der Waals surface area contributed by atoms with Crippen molar-refractivity contribution in [3.05, 3.63) is 11.4 Å². The molecule has 18 heavy (non-hydrogen) atoms. The summed E-state index contributed by atoms with van der Waals surface area (Å²) in [6.45, 7) is 12.7. The highest BCUT2D eigenvalue weighted by molar-refractivity contribution is 5.56. The van der Waals surface area contributed by atoms with E-state index in [1.165, 1.54) is 0 Å². The predicted octanol–water partition coefficient (Wildman–Crippen LogP) is 3.48. The molecule has 0 aliphatic carbocycles. The van der Waals surface area contributed by atoms with Crippen LogP contribution in [0, 0.1) is 6.92 Å². The van der Waals surface area contributed by atoms with Crippen molar-refractivity contribution in [3.63, 3.8) is 0 Å². The van der Waals surface area contributed by atoms with E-state index in [-0.39, 0.29) is 11.5 Å². The number of anilines is 2. The maximum absolute atomic E-state index is 5.96. The molecule has 3 N–H and O–H groups in total. The largest absolute Gasteiger partial charge is 0.383 e. The van der Waals surface area contributed by atoms with E-state index in [9.17, 15) is 0 Å². The molecule has 0 amide bonds. The number of aromatic nitrogens is 2. The number of nitrogens with two attached hydrogens (primary N) is 1.